The van der Waals surface area contributed by atoms with Gasteiger partial charge in [-0.25, -0.2) is 4.98 Å². The van der Waals surface area contributed by atoms with Gasteiger partial charge < -0.3 is 9.73 Å². The number of hydrogen-bond donors (Lipinski definition) is 1. The van der Waals surface area contributed by atoms with Crippen LogP contribution in [0.4, 0.5) is 0 Å². The Morgan fingerprint density at radius 2 is 2.31 bits per heavy atom. The molecule has 0 fully saturated rings. The van der Waals surface area contributed by atoms with Crippen molar-refractivity contribution in [3.8, 4) is 0 Å². The van der Waals surface area contributed by atoms with Crippen molar-refractivity contribution in [2.75, 3.05) is 6.54 Å². The summed E-state index contributed by atoms with van der Waals surface area (Å²) in [4.78, 5) is 3.85. The summed E-state index contributed by atoms with van der Waals surface area (Å²) in [5.74, 6) is 0.832. The van der Waals surface area contributed by atoms with E-state index in [-0.39, 0.29) is 12.4 Å². The summed E-state index contributed by atoms with van der Waals surface area (Å²) < 4.78 is 6.95. The third-order valence-corrected chi connectivity index (χ3v) is 2.12. The molecule has 0 atom stereocenters. The van der Waals surface area contributed by atoms with Gasteiger partial charge in [-0.15, -0.1) is 12.4 Å². The molecule has 0 aliphatic carbocycles. The van der Waals surface area contributed by atoms with Crippen molar-refractivity contribution in [1.29, 1.82) is 0 Å². The van der Waals surface area contributed by atoms with Gasteiger partial charge in [0.1, 0.15) is 18.4 Å². The molecule has 1 N–H and O–H groups in total. The van der Waals surface area contributed by atoms with Gasteiger partial charge in [-0.1, -0.05) is 0 Å². The lowest BCUT2D eigenvalue weighted by atomic mass is 10.4. The number of nitrogens with one attached hydrogen (secondary N) is 1. The molecule has 5 nitrogen and oxygen atoms in total. The zero-order valence-electron chi connectivity index (χ0n) is 8.47. The third-order valence-electron chi connectivity index (χ3n) is 1.91. The Morgan fingerprint density at radius 3 is 2.94 bits per heavy atom. The van der Waals surface area contributed by atoms with E-state index in [2.05, 4.69) is 15.4 Å². The van der Waals surface area contributed by atoms with Gasteiger partial charge in [-0.05, 0) is 23.7 Å². The number of nitrogens with zero attached hydrogens (tertiary/aromatic N) is 3. The van der Waals surface area contributed by atoms with E-state index >= 15 is 0 Å². The van der Waals surface area contributed by atoms with Gasteiger partial charge >= 0.3 is 0 Å². The fourth-order valence-electron chi connectivity index (χ4n) is 1.20. The van der Waals surface area contributed by atoms with Crippen LogP contribution in [0.1, 0.15) is 5.76 Å². The monoisotopic (exact) mass is 262 g/mol. The molecule has 88 valence electrons. The van der Waals surface area contributed by atoms with Crippen molar-refractivity contribution in [1.82, 2.24) is 20.1 Å². The van der Waals surface area contributed by atoms with Crippen molar-refractivity contribution in [3.63, 3.8) is 0 Å². The molecule has 0 aliphatic heterocycles. The molecule has 0 aliphatic rings. The van der Waals surface area contributed by atoms with Gasteiger partial charge in [0.2, 0.25) is 0 Å². The van der Waals surface area contributed by atoms with Gasteiger partial charge in [-0.3, -0.25) is 4.68 Å². The van der Waals surface area contributed by atoms with E-state index < -0.39 is 0 Å². The molecular weight excluding hydrogens is 251 g/mol. The fraction of sp³-hybridized carbons (Fsp3) is 0.333. The number of hydrogen-bond acceptors (Lipinski definition) is 4. The van der Waals surface area contributed by atoms with Crippen LogP contribution in [-0.2, 0) is 13.1 Å². The topological polar surface area (TPSA) is 55.9 Å². The smallest absolute Gasteiger partial charge is 0.193 e. The zero-order valence-corrected chi connectivity index (χ0v) is 10.0. The Bertz CT molecular complexity index is 401. The molecule has 2 aromatic rings. The summed E-state index contributed by atoms with van der Waals surface area (Å²) >= 11 is 5.64. The molecule has 0 radical (unpaired) electrons. The summed E-state index contributed by atoms with van der Waals surface area (Å²) in [6.45, 7) is 2.26. The van der Waals surface area contributed by atoms with Crippen LogP contribution in [0, 0.1) is 0 Å². The van der Waals surface area contributed by atoms with E-state index in [9.17, 15) is 0 Å². The van der Waals surface area contributed by atoms with E-state index in [0.29, 0.717) is 11.8 Å². The summed E-state index contributed by atoms with van der Waals surface area (Å²) in [7, 11) is 0. The third kappa shape index (κ3) is 3.84. The second-order valence-corrected chi connectivity index (χ2v) is 3.41. The molecule has 0 saturated carbocycles. The highest BCUT2D eigenvalue weighted by Gasteiger charge is 1.98. The van der Waals surface area contributed by atoms with E-state index in [4.69, 9.17) is 16.0 Å². The first-order valence-electron chi connectivity index (χ1n) is 4.62. The lowest BCUT2D eigenvalue weighted by Gasteiger charge is -2.01. The summed E-state index contributed by atoms with van der Waals surface area (Å²) in [6.07, 6.45) is 3.21. The standard InChI is InChI=1S/C9H11ClN4O.ClH/c10-9-2-1-8(15-9)5-11-3-4-14-7-12-6-13-14;/h1-2,6-7,11H,3-5H2;1H. The van der Waals surface area contributed by atoms with Gasteiger partial charge in [0.15, 0.2) is 5.22 Å². The van der Waals surface area contributed by atoms with Crippen molar-refractivity contribution >= 4 is 24.0 Å². The highest BCUT2D eigenvalue weighted by atomic mass is 35.5. The Balaban J connectivity index is 0.00000128. The fourth-order valence-corrected chi connectivity index (χ4v) is 1.36. The number of aromatic nitrogens is 3. The largest absolute Gasteiger partial charge is 0.448 e. The maximum absolute atomic E-state index is 5.64. The first-order valence-corrected chi connectivity index (χ1v) is 5.00. The predicted octanol–water partition coefficient (Wildman–Crippen LogP) is 1.74. The Labute approximate surface area is 104 Å². The number of rotatable bonds is 5. The minimum absolute atomic E-state index is 0. The van der Waals surface area contributed by atoms with Crippen molar-refractivity contribution < 1.29 is 4.42 Å². The molecule has 16 heavy (non-hydrogen) atoms. The average molecular weight is 263 g/mol. The van der Waals surface area contributed by atoms with Crippen molar-refractivity contribution in [3.05, 3.63) is 35.8 Å². The van der Waals surface area contributed by atoms with Crippen LogP contribution in [0.3, 0.4) is 0 Å². The van der Waals surface area contributed by atoms with Crippen LogP contribution in [0.15, 0.2) is 29.2 Å². The lowest BCUT2D eigenvalue weighted by molar-refractivity contribution is 0.471. The summed E-state index contributed by atoms with van der Waals surface area (Å²) in [5, 5.41) is 7.62. The Kier molecular flexibility index (Phi) is 5.31. The van der Waals surface area contributed by atoms with Crippen LogP contribution >= 0.6 is 24.0 Å². The average Bonchev–Trinajstić information content (AvgIpc) is 2.84. The molecular formula is C9H12Cl2N4O. The molecule has 0 saturated heterocycles. The Morgan fingerprint density at radius 1 is 1.44 bits per heavy atom. The first-order chi connectivity index (χ1) is 7.34. The summed E-state index contributed by atoms with van der Waals surface area (Å²) in [6, 6.07) is 3.58. The van der Waals surface area contributed by atoms with E-state index in [1.165, 1.54) is 6.33 Å². The molecule has 0 aromatic carbocycles. The minimum atomic E-state index is 0. The highest BCUT2D eigenvalue weighted by molar-refractivity contribution is 6.28. The van der Waals surface area contributed by atoms with E-state index in [1.807, 2.05) is 6.07 Å². The van der Waals surface area contributed by atoms with Crippen LogP contribution in [0.25, 0.3) is 0 Å². The molecule has 0 spiro atoms. The molecule has 2 heterocycles. The molecule has 0 bridgehead atoms. The van der Waals surface area contributed by atoms with E-state index in [0.717, 1.165) is 18.8 Å². The maximum Gasteiger partial charge on any atom is 0.193 e. The predicted molar refractivity (Wildman–Crippen MR) is 62.7 cm³/mol. The molecule has 0 amide bonds. The minimum Gasteiger partial charge on any atom is -0.448 e. The number of furan rings is 1. The van der Waals surface area contributed by atoms with E-state index in [1.54, 1.807) is 17.1 Å². The highest BCUT2D eigenvalue weighted by Crippen LogP contribution is 2.12. The summed E-state index contributed by atoms with van der Waals surface area (Å²) in [5.41, 5.74) is 0. The lowest BCUT2D eigenvalue weighted by Crippen LogP contribution is -2.19. The molecule has 7 heteroatoms. The van der Waals surface area contributed by atoms with Gasteiger partial charge in [0, 0.05) is 6.54 Å². The van der Waals surface area contributed by atoms with Gasteiger partial charge in [-0.2, -0.15) is 5.10 Å². The quantitative estimate of drug-likeness (QED) is 0.835. The van der Waals surface area contributed by atoms with Crippen LogP contribution in [-0.4, -0.2) is 21.3 Å². The zero-order chi connectivity index (χ0) is 10.5. The molecule has 2 rings (SSSR count). The molecule has 2 aromatic heterocycles. The SMILES string of the molecule is Cl.Clc1ccc(CNCCn2cncn2)o1. The molecule has 0 unspecified atom stereocenters. The van der Waals surface area contributed by atoms with Crippen molar-refractivity contribution in [2.24, 2.45) is 0 Å². The van der Waals surface area contributed by atoms with Gasteiger partial charge in [0.05, 0.1) is 13.1 Å². The van der Waals surface area contributed by atoms with Crippen LogP contribution < -0.4 is 5.32 Å². The van der Waals surface area contributed by atoms with Crippen molar-refractivity contribution in [2.45, 2.75) is 13.1 Å². The van der Waals surface area contributed by atoms with Crippen LogP contribution in [0.2, 0.25) is 5.22 Å². The van der Waals surface area contributed by atoms with Gasteiger partial charge in [0.25, 0.3) is 0 Å². The normalized spacial score (nSPS) is 10.1. The number of halogens is 2. The first kappa shape index (κ1) is 13.0. The van der Waals surface area contributed by atoms with Crippen LogP contribution in [0.5, 0.6) is 0 Å². The second kappa shape index (κ2) is 6.52. The second-order valence-electron chi connectivity index (χ2n) is 3.04. The maximum atomic E-state index is 5.64. The Hall–Kier alpha value is -1.04.